The van der Waals surface area contributed by atoms with Gasteiger partial charge in [0.05, 0.1) is 0 Å². The monoisotopic (exact) mass is 395 g/mol. The van der Waals surface area contributed by atoms with Crippen molar-refractivity contribution in [1.29, 1.82) is 0 Å². The molecule has 1 aromatic heterocycles. The van der Waals surface area contributed by atoms with E-state index in [9.17, 15) is 0 Å². The largest absolute Gasteiger partial charge is 0.354 e. The Kier molecular flexibility index (Phi) is 2.81. The molecule has 0 aliphatic heterocycles. The van der Waals surface area contributed by atoms with E-state index in [1.54, 1.807) is 0 Å². The van der Waals surface area contributed by atoms with E-state index < -0.39 is 0 Å². The number of halogens is 1. The minimum atomic E-state index is 1.09. The molecule has 0 bridgehead atoms. The van der Waals surface area contributed by atoms with Crippen molar-refractivity contribution in [3.63, 3.8) is 0 Å². The van der Waals surface area contributed by atoms with E-state index in [0.717, 1.165) is 4.47 Å². The van der Waals surface area contributed by atoms with Crippen molar-refractivity contribution in [3.8, 4) is 0 Å². The number of nitrogens with one attached hydrogen (secondary N) is 1. The van der Waals surface area contributed by atoms with Crippen molar-refractivity contribution in [2.45, 2.75) is 0 Å². The molecule has 0 saturated heterocycles. The van der Waals surface area contributed by atoms with E-state index in [0.29, 0.717) is 0 Å². The Labute approximate surface area is 158 Å². The minimum Gasteiger partial charge on any atom is -0.354 e. The molecule has 6 aromatic rings. The second-order valence-corrected chi connectivity index (χ2v) is 7.77. The Morgan fingerprint density at radius 3 is 1.65 bits per heavy atom. The fourth-order valence-electron chi connectivity index (χ4n) is 4.28. The van der Waals surface area contributed by atoms with Crippen LogP contribution in [0.5, 0.6) is 0 Å². The second kappa shape index (κ2) is 5.09. The first-order valence-corrected chi connectivity index (χ1v) is 9.53. The fraction of sp³-hybridized carbons (Fsp3) is 0. The third-order valence-electron chi connectivity index (χ3n) is 5.42. The molecule has 0 spiro atoms. The predicted molar refractivity (Wildman–Crippen MR) is 116 cm³/mol. The molecule has 0 unspecified atom stereocenters. The summed E-state index contributed by atoms with van der Waals surface area (Å²) in [7, 11) is 0. The first kappa shape index (κ1) is 14.3. The number of fused-ring (bicyclic) bond motifs is 9. The van der Waals surface area contributed by atoms with Crippen molar-refractivity contribution < 1.29 is 0 Å². The lowest BCUT2D eigenvalue weighted by Gasteiger charge is -2.10. The molecule has 122 valence electrons. The van der Waals surface area contributed by atoms with Crippen LogP contribution in [0.2, 0.25) is 0 Å². The van der Waals surface area contributed by atoms with Crippen molar-refractivity contribution in [1.82, 2.24) is 4.98 Å². The lowest BCUT2D eigenvalue weighted by atomic mass is 9.93. The van der Waals surface area contributed by atoms with Crippen molar-refractivity contribution in [2.75, 3.05) is 0 Å². The molecule has 0 aliphatic rings. The number of rotatable bonds is 0. The summed E-state index contributed by atoms with van der Waals surface area (Å²) in [5.74, 6) is 0. The molecule has 26 heavy (non-hydrogen) atoms. The molecule has 2 heteroatoms. The van der Waals surface area contributed by atoms with Crippen molar-refractivity contribution in [3.05, 3.63) is 83.3 Å². The molecular formula is C24H14BrN. The van der Waals surface area contributed by atoms with E-state index in [-0.39, 0.29) is 0 Å². The van der Waals surface area contributed by atoms with Crippen LogP contribution < -0.4 is 0 Å². The van der Waals surface area contributed by atoms with Gasteiger partial charge in [-0.1, -0.05) is 70.5 Å². The number of hydrogen-bond acceptors (Lipinski definition) is 0. The van der Waals surface area contributed by atoms with Crippen LogP contribution in [0, 0.1) is 0 Å². The standard InChI is InChI=1S/C24H14BrN/c25-14-9-10-19-22-12-20-17-7-3-1-5-15(17)16-6-2-4-8-18(16)21(20)13-24(22)26-23(19)11-14/h1-13,26H. The average Bonchev–Trinajstić information content (AvgIpc) is 3.03. The summed E-state index contributed by atoms with van der Waals surface area (Å²) in [6.07, 6.45) is 0. The zero-order chi connectivity index (χ0) is 17.3. The van der Waals surface area contributed by atoms with E-state index in [1.165, 1.54) is 54.1 Å². The minimum absolute atomic E-state index is 1.09. The van der Waals surface area contributed by atoms with Crippen LogP contribution in [0.15, 0.2) is 83.3 Å². The zero-order valence-electron chi connectivity index (χ0n) is 13.9. The van der Waals surface area contributed by atoms with Gasteiger partial charge in [0.2, 0.25) is 0 Å². The topological polar surface area (TPSA) is 15.8 Å². The lowest BCUT2D eigenvalue weighted by molar-refractivity contribution is 1.55. The molecule has 1 heterocycles. The molecule has 1 N–H and O–H groups in total. The maximum absolute atomic E-state index is 3.59. The summed E-state index contributed by atoms with van der Waals surface area (Å²) < 4.78 is 1.09. The van der Waals surface area contributed by atoms with E-state index in [4.69, 9.17) is 0 Å². The van der Waals surface area contributed by atoms with Gasteiger partial charge in [0.15, 0.2) is 0 Å². The molecular weight excluding hydrogens is 382 g/mol. The first-order valence-electron chi connectivity index (χ1n) is 8.74. The summed E-state index contributed by atoms with van der Waals surface area (Å²) in [4.78, 5) is 3.59. The summed E-state index contributed by atoms with van der Waals surface area (Å²) in [5, 5.41) is 10.4. The highest BCUT2D eigenvalue weighted by molar-refractivity contribution is 9.10. The summed E-state index contributed by atoms with van der Waals surface area (Å²) in [5.41, 5.74) is 2.35. The van der Waals surface area contributed by atoms with Gasteiger partial charge in [0, 0.05) is 26.3 Å². The van der Waals surface area contributed by atoms with Gasteiger partial charge >= 0.3 is 0 Å². The van der Waals surface area contributed by atoms with Gasteiger partial charge in [-0.3, -0.25) is 0 Å². The van der Waals surface area contributed by atoms with Crippen LogP contribution in [0.4, 0.5) is 0 Å². The smallest absolute Gasteiger partial charge is 0.0476 e. The van der Waals surface area contributed by atoms with E-state index in [1.807, 2.05) is 0 Å². The second-order valence-electron chi connectivity index (χ2n) is 6.85. The van der Waals surface area contributed by atoms with Crippen LogP contribution in [0.25, 0.3) is 54.1 Å². The summed E-state index contributed by atoms with van der Waals surface area (Å²) in [6.45, 7) is 0. The van der Waals surface area contributed by atoms with Gasteiger partial charge in [-0.2, -0.15) is 0 Å². The predicted octanol–water partition coefficient (Wildman–Crippen LogP) is 7.54. The van der Waals surface area contributed by atoms with Crippen LogP contribution >= 0.6 is 15.9 Å². The highest BCUT2D eigenvalue weighted by Gasteiger charge is 2.12. The third-order valence-corrected chi connectivity index (χ3v) is 5.92. The maximum Gasteiger partial charge on any atom is 0.0476 e. The number of aromatic amines is 1. The van der Waals surface area contributed by atoms with Gasteiger partial charge < -0.3 is 4.98 Å². The molecule has 6 rings (SSSR count). The van der Waals surface area contributed by atoms with Crippen LogP contribution in [0.1, 0.15) is 0 Å². The molecule has 1 nitrogen and oxygen atoms in total. The van der Waals surface area contributed by atoms with Crippen LogP contribution in [-0.4, -0.2) is 4.98 Å². The number of aromatic nitrogens is 1. The lowest BCUT2D eigenvalue weighted by Crippen LogP contribution is -1.83. The maximum atomic E-state index is 3.59. The zero-order valence-corrected chi connectivity index (χ0v) is 15.5. The Morgan fingerprint density at radius 2 is 1.00 bits per heavy atom. The summed E-state index contributed by atoms with van der Waals surface area (Å²) >= 11 is 3.58. The molecule has 0 aliphatic carbocycles. The van der Waals surface area contributed by atoms with Crippen LogP contribution in [0.3, 0.4) is 0 Å². The molecule has 5 aromatic carbocycles. The van der Waals surface area contributed by atoms with E-state index in [2.05, 4.69) is 99.8 Å². The quantitative estimate of drug-likeness (QED) is 0.255. The number of hydrogen-bond donors (Lipinski definition) is 1. The highest BCUT2D eigenvalue weighted by atomic mass is 79.9. The Bertz CT molecular complexity index is 1490. The highest BCUT2D eigenvalue weighted by Crippen LogP contribution is 2.38. The van der Waals surface area contributed by atoms with Crippen LogP contribution in [-0.2, 0) is 0 Å². The Morgan fingerprint density at radius 1 is 0.462 bits per heavy atom. The molecule has 0 saturated carbocycles. The Balaban J connectivity index is 1.93. The molecule has 0 radical (unpaired) electrons. The van der Waals surface area contributed by atoms with Gasteiger partial charge in [-0.05, 0) is 56.6 Å². The van der Waals surface area contributed by atoms with E-state index >= 15 is 0 Å². The number of H-pyrrole nitrogens is 1. The normalized spacial score (nSPS) is 12.0. The SMILES string of the molecule is Brc1ccc2c(c1)[nH]c1cc3c4ccccc4c4ccccc4c3cc12. The molecule has 0 atom stereocenters. The molecule has 0 amide bonds. The summed E-state index contributed by atoms with van der Waals surface area (Å²) in [6, 6.07) is 28.5. The van der Waals surface area contributed by atoms with Crippen molar-refractivity contribution in [2.24, 2.45) is 0 Å². The Hall–Kier alpha value is -2.84. The van der Waals surface area contributed by atoms with Gasteiger partial charge in [0.25, 0.3) is 0 Å². The average molecular weight is 396 g/mol. The van der Waals surface area contributed by atoms with Crippen molar-refractivity contribution >= 4 is 70.1 Å². The van der Waals surface area contributed by atoms with Gasteiger partial charge in [-0.15, -0.1) is 0 Å². The van der Waals surface area contributed by atoms with Gasteiger partial charge in [0.1, 0.15) is 0 Å². The molecule has 0 fully saturated rings. The van der Waals surface area contributed by atoms with Gasteiger partial charge in [-0.25, -0.2) is 0 Å². The number of benzene rings is 5. The fourth-order valence-corrected chi connectivity index (χ4v) is 4.64. The first-order chi connectivity index (χ1) is 12.8. The third kappa shape index (κ3) is 1.85.